The minimum Gasteiger partial charge on any atom is -0.382 e. The fourth-order valence-electron chi connectivity index (χ4n) is 0.204. The van der Waals surface area contributed by atoms with Crippen molar-refractivity contribution in [1.82, 2.24) is 0 Å². The van der Waals surface area contributed by atoms with Crippen molar-refractivity contribution in [3.05, 3.63) is 0 Å². The standard InChI is InChI=1S/C4H10O.CH4O2/c1-3-5-4-2;2-1-3/h3-4H2,1-2H3;2-3H,1H2. The molecule has 0 amide bonds. The Morgan fingerprint density at radius 1 is 1.12 bits per heavy atom. The number of aliphatic hydroxyl groups excluding tert-OH is 1. The van der Waals surface area contributed by atoms with E-state index < -0.39 is 6.79 Å². The van der Waals surface area contributed by atoms with Crippen LogP contribution in [0.1, 0.15) is 13.8 Å². The molecule has 0 aliphatic rings. The molecule has 0 unspecified atom stereocenters. The Kier molecular flexibility index (Phi) is 21.3. The summed E-state index contributed by atoms with van der Waals surface area (Å²) >= 11 is 0. The summed E-state index contributed by atoms with van der Waals surface area (Å²) in [6.07, 6.45) is 0. The average Bonchev–Trinajstić information content (AvgIpc) is 1.71. The van der Waals surface area contributed by atoms with E-state index in [4.69, 9.17) is 14.9 Å². The van der Waals surface area contributed by atoms with E-state index in [2.05, 4.69) is 0 Å². The molecule has 0 radical (unpaired) electrons. The van der Waals surface area contributed by atoms with E-state index in [1.54, 1.807) is 0 Å². The zero-order chi connectivity index (χ0) is 6.83. The molecule has 0 aliphatic carbocycles. The smallest absolute Gasteiger partial charge is 0.140 e. The molecule has 0 aromatic carbocycles. The van der Waals surface area contributed by atoms with Crippen LogP contribution in [0, 0.1) is 0 Å². The predicted octanol–water partition coefficient (Wildman–Crippen LogP) is -0.0287. The third-order valence-electron chi connectivity index (χ3n) is 0.408. The van der Waals surface area contributed by atoms with E-state index in [9.17, 15) is 0 Å². The number of rotatable bonds is 2. The van der Waals surface area contributed by atoms with Crippen molar-refractivity contribution in [2.45, 2.75) is 13.8 Å². The second-order valence-electron chi connectivity index (χ2n) is 0.923. The van der Waals surface area contributed by atoms with Gasteiger partial charge in [-0.05, 0) is 13.8 Å². The maximum absolute atomic E-state index is 7.12. The Morgan fingerprint density at radius 2 is 1.38 bits per heavy atom. The molecule has 0 aromatic heterocycles. The molecule has 0 spiro atoms. The first-order valence-electron chi connectivity index (χ1n) is 2.62. The largest absolute Gasteiger partial charge is 0.382 e. The van der Waals surface area contributed by atoms with Gasteiger partial charge in [-0.25, -0.2) is 0 Å². The van der Waals surface area contributed by atoms with Crippen LogP contribution in [-0.2, 0) is 4.74 Å². The van der Waals surface area contributed by atoms with E-state index in [0.29, 0.717) is 0 Å². The highest BCUT2D eigenvalue weighted by atomic mass is 16.5. The lowest BCUT2D eigenvalue weighted by Crippen LogP contribution is -1.84. The normalized spacial score (nSPS) is 7.50. The number of hydrogen-bond acceptors (Lipinski definition) is 3. The van der Waals surface area contributed by atoms with E-state index in [1.165, 1.54) is 0 Å². The molecule has 0 heterocycles. The van der Waals surface area contributed by atoms with Gasteiger partial charge in [0.2, 0.25) is 0 Å². The van der Waals surface area contributed by atoms with Gasteiger partial charge in [-0.3, -0.25) is 0 Å². The summed E-state index contributed by atoms with van der Waals surface area (Å²) in [7, 11) is 0. The van der Waals surface area contributed by atoms with E-state index in [1.807, 2.05) is 13.8 Å². The third-order valence-corrected chi connectivity index (χ3v) is 0.408. The van der Waals surface area contributed by atoms with Gasteiger partial charge in [0, 0.05) is 13.2 Å². The minimum absolute atomic E-state index is 0.750. The van der Waals surface area contributed by atoms with Gasteiger partial charge < -0.3 is 14.9 Å². The Balaban J connectivity index is 0. The molecule has 0 rings (SSSR count). The first kappa shape index (κ1) is 10.8. The number of aliphatic hydroxyl groups is 2. The zero-order valence-corrected chi connectivity index (χ0v) is 5.42. The van der Waals surface area contributed by atoms with Crippen molar-refractivity contribution in [2.24, 2.45) is 0 Å². The Labute approximate surface area is 49.9 Å². The van der Waals surface area contributed by atoms with Crippen molar-refractivity contribution < 1.29 is 14.9 Å². The van der Waals surface area contributed by atoms with E-state index in [0.717, 1.165) is 13.2 Å². The zero-order valence-electron chi connectivity index (χ0n) is 5.42. The fourth-order valence-corrected chi connectivity index (χ4v) is 0.204. The van der Waals surface area contributed by atoms with Crippen LogP contribution in [0.4, 0.5) is 0 Å². The topological polar surface area (TPSA) is 49.7 Å². The van der Waals surface area contributed by atoms with Crippen LogP contribution < -0.4 is 0 Å². The van der Waals surface area contributed by atoms with Gasteiger partial charge in [-0.2, -0.15) is 0 Å². The van der Waals surface area contributed by atoms with Crippen molar-refractivity contribution in [3.8, 4) is 0 Å². The van der Waals surface area contributed by atoms with Crippen LogP contribution in [0.2, 0.25) is 0 Å². The van der Waals surface area contributed by atoms with Crippen LogP contribution in [0.5, 0.6) is 0 Å². The second-order valence-corrected chi connectivity index (χ2v) is 0.923. The molecule has 3 heteroatoms. The summed E-state index contributed by atoms with van der Waals surface area (Å²) in [5.74, 6) is 0. The maximum atomic E-state index is 7.12. The van der Waals surface area contributed by atoms with Crippen LogP contribution >= 0.6 is 0 Å². The molecule has 0 aliphatic heterocycles. The third kappa shape index (κ3) is 39.6. The van der Waals surface area contributed by atoms with Gasteiger partial charge >= 0.3 is 0 Å². The summed E-state index contributed by atoms with van der Waals surface area (Å²) < 4.78 is 4.83. The first-order chi connectivity index (χ1) is 3.83. The molecule has 0 saturated heterocycles. The van der Waals surface area contributed by atoms with Crippen LogP contribution in [0.3, 0.4) is 0 Å². The molecule has 0 aromatic rings. The van der Waals surface area contributed by atoms with Gasteiger partial charge in [0.05, 0.1) is 0 Å². The highest BCUT2D eigenvalue weighted by Crippen LogP contribution is 1.64. The molecule has 3 nitrogen and oxygen atoms in total. The molecule has 0 atom stereocenters. The van der Waals surface area contributed by atoms with Gasteiger partial charge in [0.15, 0.2) is 0 Å². The summed E-state index contributed by atoms with van der Waals surface area (Å²) in [6, 6.07) is 0. The van der Waals surface area contributed by atoms with Crippen LogP contribution in [0.25, 0.3) is 0 Å². The average molecular weight is 122 g/mol. The molecular formula is C5H14O3. The highest BCUT2D eigenvalue weighted by molar-refractivity contribution is 4.07. The Bertz CT molecular complexity index is 21.6. The second kappa shape index (κ2) is 15.8. The van der Waals surface area contributed by atoms with Crippen molar-refractivity contribution in [1.29, 1.82) is 0 Å². The Hall–Kier alpha value is -0.120. The van der Waals surface area contributed by atoms with Crippen LogP contribution in [-0.4, -0.2) is 30.2 Å². The van der Waals surface area contributed by atoms with Crippen molar-refractivity contribution in [2.75, 3.05) is 20.0 Å². The lowest BCUT2D eigenvalue weighted by molar-refractivity contribution is 0.0773. The van der Waals surface area contributed by atoms with E-state index >= 15 is 0 Å². The lowest BCUT2D eigenvalue weighted by atomic mass is 10.8. The van der Waals surface area contributed by atoms with Crippen molar-refractivity contribution in [3.63, 3.8) is 0 Å². The Morgan fingerprint density at radius 3 is 1.38 bits per heavy atom. The number of ether oxygens (including phenoxy) is 1. The van der Waals surface area contributed by atoms with Crippen LogP contribution in [0.15, 0.2) is 0 Å². The summed E-state index contributed by atoms with van der Waals surface area (Å²) in [6.45, 7) is 4.92. The molecule has 8 heavy (non-hydrogen) atoms. The molecule has 0 fully saturated rings. The molecule has 0 bridgehead atoms. The van der Waals surface area contributed by atoms with Gasteiger partial charge in [0.25, 0.3) is 0 Å². The molecule has 2 N–H and O–H groups in total. The fraction of sp³-hybridized carbons (Fsp3) is 1.00. The molecule has 0 saturated carbocycles. The summed E-state index contributed by atoms with van der Waals surface area (Å²) in [5, 5.41) is 14.2. The predicted molar refractivity (Wildman–Crippen MR) is 31.5 cm³/mol. The van der Waals surface area contributed by atoms with E-state index in [-0.39, 0.29) is 0 Å². The SMILES string of the molecule is CCOCC.OCO. The number of hydrogen-bond donors (Lipinski definition) is 2. The summed E-state index contributed by atoms with van der Waals surface area (Å²) in [5.41, 5.74) is 0. The highest BCUT2D eigenvalue weighted by Gasteiger charge is 1.64. The molecule has 52 valence electrons. The first-order valence-corrected chi connectivity index (χ1v) is 2.62. The monoisotopic (exact) mass is 122 g/mol. The van der Waals surface area contributed by atoms with Gasteiger partial charge in [0.1, 0.15) is 6.79 Å². The minimum atomic E-state index is -0.750. The lowest BCUT2D eigenvalue weighted by Gasteiger charge is -1.86. The van der Waals surface area contributed by atoms with Crippen molar-refractivity contribution >= 4 is 0 Å². The maximum Gasteiger partial charge on any atom is 0.140 e. The van der Waals surface area contributed by atoms with Gasteiger partial charge in [-0.1, -0.05) is 0 Å². The molecular weight excluding hydrogens is 108 g/mol. The quantitative estimate of drug-likeness (QED) is 0.506. The summed E-state index contributed by atoms with van der Waals surface area (Å²) in [4.78, 5) is 0. The van der Waals surface area contributed by atoms with Gasteiger partial charge in [-0.15, -0.1) is 0 Å².